The third-order valence-corrected chi connectivity index (χ3v) is 2.76. The van der Waals surface area contributed by atoms with Crippen molar-refractivity contribution in [3.05, 3.63) is 28.8 Å². The number of aliphatic carboxylic acids is 1. The minimum atomic E-state index is -1.20. The number of carboxylic acid groups (broad SMARTS) is 1. The second kappa shape index (κ2) is 6.67. The molecule has 1 aromatic rings. The molecular weight excluding hydrogens is 298 g/mol. The summed E-state index contributed by atoms with van der Waals surface area (Å²) in [5, 5.41) is 21.1. The Balaban J connectivity index is 2.76. The molecule has 0 aliphatic carbocycles. The molecule has 0 unspecified atom stereocenters. The molecule has 0 heterocycles. The average molecular weight is 316 g/mol. The minimum absolute atomic E-state index is 0.000689. The molecule has 1 amide bonds. The number of ether oxygens (including phenoxy) is 1. The molecule has 0 bridgehead atoms. The summed E-state index contributed by atoms with van der Waals surface area (Å²) in [5.41, 5.74) is -0.188. The van der Waals surface area contributed by atoms with Crippen LogP contribution in [0.5, 0.6) is 5.75 Å². The van der Waals surface area contributed by atoms with Crippen LogP contribution in [0.25, 0.3) is 0 Å². The Labute approximate surface area is 127 Å². The topological polar surface area (TPSA) is 95.9 Å². The Kier molecular flexibility index (Phi) is 5.43. The van der Waals surface area contributed by atoms with Crippen LogP contribution in [0, 0.1) is 0 Å². The molecule has 0 aliphatic heterocycles. The van der Waals surface area contributed by atoms with Gasteiger partial charge in [-0.3, -0.25) is 0 Å². The molecule has 1 rings (SSSR count). The summed E-state index contributed by atoms with van der Waals surface area (Å²) in [6.07, 6.45) is -0.813. The van der Waals surface area contributed by atoms with Crippen LogP contribution < -0.4 is 5.32 Å². The molecule has 0 saturated heterocycles. The Bertz CT molecular complexity index is 539. The molecule has 0 spiro atoms. The Hall–Kier alpha value is -1.95. The summed E-state index contributed by atoms with van der Waals surface area (Å²) >= 11 is 5.68. The van der Waals surface area contributed by atoms with Crippen LogP contribution in [0.3, 0.4) is 0 Å². The lowest BCUT2D eigenvalue weighted by atomic mass is 10.1. The lowest BCUT2D eigenvalue weighted by molar-refractivity contribution is -0.139. The quantitative estimate of drug-likeness (QED) is 0.793. The average Bonchev–Trinajstić information content (AvgIpc) is 2.30. The van der Waals surface area contributed by atoms with Gasteiger partial charge < -0.3 is 20.3 Å². The highest BCUT2D eigenvalue weighted by molar-refractivity contribution is 6.32. The molecule has 0 aromatic heterocycles. The fourth-order valence-electron chi connectivity index (χ4n) is 1.57. The fourth-order valence-corrected chi connectivity index (χ4v) is 1.69. The molecule has 0 aliphatic rings. The first-order valence-corrected chi connectivity index (χ1v) is 6.66. The van der Waals surface area contributed by atoms with E-state index in [1.54, 1.807) is 26.8 Å². The third-order valence-electron chi connectivity index (χ3n) is 2.44. The van der Waals surface area contributed by atoms with Gasteiger partial charge in [0, 0.05) is 6.42 Å². The van der Waals surface area contributed by atoms with Crippen LogP contribution in [-0.4, -0.2) is 33.9 Å². The van der Waals surface area contributed by atoms with Gasteiger partial charge in [0.2, 0.25) is 0 Å². The number of phenols is 1. The number of benzene rings is 1. The molecule has 21 heavy (non-hydrogen) atoms. The maximum Gasteiger partial charge on any atom is 0.408 e. The smallest absolute Gasteiger partial charge is 0.408 e. The number of hydrogen-bond donors (Lipinski definition) is 3. The molecule has 0 fully saturated rings. The molecule has 0 saturated carbocycles. The van der Waals surface area contributed by atoms with E-state index in [0.29, 0.717) is 5.56 Å². The van der Waals surface area contributed by atoms with E-state index in [1.807, 2.05) is 0 Å². The van der Waals surface area contributed by atoms with Gasteiger partial charge in [0.1, 0.15) is 17.4 Å². The number of hydrogen-bond acceptors (Lipinski definition) is 4. The third kappa shape index (κ3) is 5.91. The van der Waals surface area contributed by atoms with Crippen LogP contribution in [-0.2, 0) is 16.0 Å². The number of amides is 1. The molecular formula is C14H18ClNO5. The number of phenolic OH excluding ortho intramolecular Hbond substituents is 1. The predicted octanol–water partition coefficient (Wildman–Crippen LogP) is 2.57. The Morgan fingerprint density at radius 2 is 2.00 bits per heavy atom. The van der Waals surface area contributed by atoms with Crippen molar-refractivity contribution >= 4 is 23.7 Å². The number of alkyl carbamates (subject to hydrolysis) is 1. The summed E-state index contributed by atoms with van der Waals surface area (Å²) < 4.78 is 5.02. The molecule has 3 N–H and O–H groups in total. The van der Waals surface area contributed by atoms with E-state index in [-0.39, 0.29) is 17.2 Å². The zero-order chi connectivity index (χ0) is 16.2. The lowest BCUT2D eigenvalue weighted by Gasteiger charge is -2.22. The monoisotopic (exact) mass is 315 g/mol. The van der Waals surface area contributed by atoms with Gasteiger partial charge >= 0.3 is 12.1 Å². The number of rotatable bonds is 4. The van der Waals surface area contributed by atoms with Crippen molar-refractivity contribution in [3.8, 4) is 5.75 Å². The van der Waals surface area contributed by atoms with Crippen molar-refractivity contribution in [2.24, 2.45) is 0 Å². The van der Waals surface area contributed by atoms with Gasteiger partial charge in [-0.15, -0.1) is 0 Å². The minimum Gasteiger partial charge on any atom is -0.506 e. The van der Waals surface area contributed by atoms with E-state index < -0.39 is 23.7 Å². The molecule has 1 aromatic carbocycles. The summed E-state index contributed by atoms with van der Waals surface area (Å²) in [7, 11) is 0. The zero-order valence-electron chi connectivity index (χ0n) is 12.0. The Morgan fingerprint density at radius 3 is 2.48 bits per heavy atom. The molecule has 116 valence electrons. The highest BCUT2D eigenvalue weighted by Gasteiger charge is 2.24. The van der Waals surface area contributed by atoms with Crippen LogP contribution >= 0.6 is 11.6 Å². The van der Waals surface area contributed by atoms with E-state index in [1.165, 1.54) is 12.1 Å². The largest absolute Gasteiger partial charge is 0.506 e. The van der Waals surface area contributed by atoms with Crippen LogP contribution in [0.4, 0.5) is 4.79 Å². The van der Waals surface area contributed by atoms with Gasteiger partial charge in [-0.25, -0.2) is 9.59 Å². The number of aromatic hydroxyl groups is 1. The van der Waals surface area contributed by atoms with Crippen molar-refractivity contribution in [2.75, 3.05) is 0 Å². The first-order valence-electron chi connectivity index (χ1n) is 6.28. The first-order chi connectivity index (χ1) is 9.58. The van der Waals surface area contributed by atoms with Crippen molar-refractivity contribution in [2.45, 2.75) is 38.8 Å². The van der Waals surface area contributed by atoms with E-state index in [4.69, 9.17) is 21.4 Å². The van der Waals surface area contributed by atoms with Gasteiger partial charge in [-0.1, -0.05) is 17.7 Å². The maximum absolute atomic E-state index is 11.6. The second-order valence-electron chi connectivity index (χ2n) is 5.53. The highest BCUT2D eigenvalue weighted by atomic mass is 35.5. The summed E-state index contributed by atoms with van der Waals surface area (Å²) in [6.45, 7) is 5.04. The van der Waals surface area contributed by atoms with E-state index in [0.717, 1.165) is 0 Å². The van der Waals surface area contributed by atoms with Crippen LogP contribution in [0.2, 0.25) is 5.02 Å². The first kappa shape index (κ1) is 17.1. The molecule has 0 radical (unpaired) electrons. The van der Waals surface area contributed by atoms with Gasteiger partial charge in [0.15, 0.2) is 0 Å². The molecule has 6 nitrogen and oxygen atoms in total. The van der Waals surface area contributed by atoms with Crippen LogP contribution in [0.1, 0.15) is 26.3 Å². The van der Waals surface area contributed by atoms with Crippen LogP contribution in [0.15, 0.2) is 18.2 Å². The summed E-state index contributed by atoms with van der Waals surface area (Å²) in [4.78, 5) is 22.8. The normalized spacial score (nSPS) is 12.6. The number of halogens is 1. The lowest BCUT2D eigenvalue weighted by Crippen LogP contribution is -2.44. The maximum atomic E-state index is 11.6. The van der Waals surface area contributed by atoms with Crippen molar-refractivity contribution in [1.82, 2.24) is 5.32 Å². The zero-order valence-corrected chi connectivity index (χ0v) is 12.8. The summed E-state index contributed by atoms with van der Waals surface area (Å²) in [6, 6.07) is 3.23. The molecule has 1 atom stereocenters. The van der Waals surface area contributed by atoms with Gasteiger partial charge in [0.05, 0.1) is 5.02 Å². The predicted molar refractivity (Wildman–Crippen MR) is 77.6 cm³/mol. The standard InChI is InChI=1S/C14H18ClNO5/c1-14(2,3)21-13(20)16-10(12(18)19)6-8-4-5-9(15)11(17)7-8/h4-5,7,10,17H,6H2,1-3H3,(H,16,20)(H,18,19)/t10-/m1/s1. The number of carboxylic acids is 1. The van der Waals surface area contributed by atoms with Crippen molar-refractivity contribution in [1.29, 1.82) is 0 Å². The number of nitrogens with one attached hydrogen (secondary N) is 1. The SMILES string of the molecule is CC(C)(C)OC(=O)N[C@H](Cc1ccc(Cl)c(O)c1)C(=O)O. The highest BCUT2D eigenvalue weighted by Crippen LogP contribution is 2.24. The second-order valence-corrected chi connectivity index (χ2v) is 5.93. The van der Waals surface area contributed by atoms with Gasteiger partial charge in [-0.05, 0) is 38.5 Å². The van der Waals surface area contributed by atoms with Gasteiger partial charge in [-0.2, -0.15) is 0 Å². The molecule has 7 heteroatoms. The fraction of sp³-hybridized carbons (Fsp3) is 0.429. The summed E-state index contributed by atoms with van der Waals surface area (Å²) in [5.74, 6) is -1.34. The van der Waals surface area contributed by atoms with E-state index in [2.05, 4.69) is 5.32 Å². The van der Waals surface area contributed by atoms with E-state index >= 15 is 0 Å². The Morgan fingerprint density at radius 1 is 1.38 bits per heavy atom. The van der Waals surface area contributed by atoms with Gasteiger partial charge in [0.25, 0.3) is 0 Å². The van der Waals surface area contributed by atoms with E-state index in [9.17, 15) is 14.7 Å². The van der Waals surface area contributed by atoms with Crippen molar-refractivity contribution in [3.63, 3.8) is 0 Å². The van der Waals surface area contributed by atoms with Crippen molar-refractivity contribution < 1.29 is 24.5 Å². The number of carbonyl (C=O) groups is 2. The number of carbonyl (C=O) groups excluding carboxylic acids is 1.